The predicted octanol–water partition coefficient (Wildman–Crippen LogP) is 1.79. The molecule has 1 atom stereocenters. The molecule has 0 saturated heterocycles. The van der Waals surface area contributed by atoms with Gasteiger partial charge in [0.15, 0.2) is 5.82 Å². The topological polar surface area (TPSA) is 80.0 Å². The number of rotatable bonds is 5. The number of anilines is 1. The van der Waals surface area contributed by atoms with E-state index in [1.807, 2.05) is 12.3 Å². The van der Waals surface area contributed by atoms with Crippen LogP contribution in [0.5, 0.6) is 0 Å². The number of aromatic nitrogens is 1. The van der Waals surface area contributed by atoms with Crippen molar-refractivity contribution in [3.63, 3.8) is 0 Å². The monoisotopic (exact) mass is 276 g/mol. The lowest BCUT2D eigenvalue weighted by Gasteiger charge is -2.14. The van der Waals surface area contributed by atoms with Crippen LogP contribution in [0.1, 0.15) is 22.8 Å². The number of carbonyl (C=O) groups is 1. The Morgan fingerprint density at radius 1 is 1.53 bits per heavy atom. The summed E-state index contributed by atoms with van der Waals surface area (Å²) in [6, 6.07) is 5.51. The maximum atomic E-state index is 12.1. The molecule has 6 heteroatoms. The number of hydrogen-bond acceptors (Lipinski definition) is 5. The number of nitrogens with zero attached hydrogens (tertiary/aromatic N) is 1. The van der Waals surface area contributed by atoms with Crippen LogP contribution in [0, 0.1) is 0 Å². The Balaban J connectivity index is 2.00. The Morgan fingerprint density at radius 3 is 3.05 bits per heavy atom. The van der Waals surface area contributed by atoms with Gasteiger partial charge in [-0.1, -0.05) is 0 Å². The largest absolute Gasteiger partial charge is 0.349 e. The van der Waals surface area contributed by atoms with Gasteiger partial charge in [-0.3, -0.25) is 4.79 Å². The van der Waals surface area contributed by atoms with Crippen molar-refractivity contribution in [1.29, 1.82) is 0 Å². The molecule has 0 spiro atoms. The lowest BCUT2D eigenvalue weighted by Crippen LogP contribution is -2.34. The Morgan fingerprint density at radius 2 is 2.37 bits per heavy atom. The van der Waals surface area contributed by atoms with Crippen molar-refractivity contribution in [3.05, 3.63) is 46.3 Å². The normalized spacial score (nSPS) is 11.9. The van der Waals surface area contributed by atoms with Gasteiger partial charge in [0.2, 0.25) is 0 Å². The maximum Gasteiger partial charge on any atom is 0.255 e. The summed E-state index contributed by atoms with van der Waals surface area (Å²) in [6.45, 7) is 1.97. The van der Waals surface area contributed by atoms with E-state index in [1.165, 1.54) is 5.56 Å². The van der Waals surface area contributed by atoms with Gasteiger partial charge in [0.05, 0.1) is 5.56 Å². The Kier molecular flexibility index (Phi) is 4.48. The summed E-state index contributed by atoms with van der Waals surface area (Å²) in [4.78, 5) is 16.1. The number of carbonyl (C=O) groups excluding carboxylic acids is 1. The van der Waals surface area contributed by atoms with E-state index in [9.17, 15) is 4.79 Å². The SMILES string of the molecule is CC(Cc1ccsc1)NC(=O)c1cccnc1NN. The fourth-order valence-corrected chi connectivity index (χ4v) is 2.50. The standard InChI is InChI=1S/C13H16N4OS/c1-9(7-10-4-6-19-8-10)16-13(18)11-3-2-5-15-12(11)17-14/h2-6,8-9H,7,14H2,1H3,(H,15,17)(H,16,18). The minimum absolute atomic E-state index is 0.0490. The second-order valence-electron chi connectivity index (χ2n) is 4.25. The molecule has 19 heavy (non-hydrogen) atoms. The van der Waals surface area contributed by atoms with E-state index in [0.717, 1.165) is 6.42 Å². The van der Waals surface area contributed by atoms with Crippen molar-refractivity contribution in [2.45, 2.75) is 19.4 Å². The number of nitrogens with one attached hydrogen (secondary N) is 2. The average molecular weight is 276 g/mol. The highest BCUT2D eigenvalue weighted by Gasteiger charge is 2.14. The summed E-state index contributed by atoms with van der Waals surface area (Å²) < 4.78 is 0. The average Bonchev–Trinajstić information content (AvgIpc) is 2.91. The van der Waals surface area contributed by atoms with Gasteiger partial charge in [0, 0.05) is 12.2 Å². The van der Waals surface area contributed by atoms with Crippen molar-refractivity contribution in [2.24, 2.45) is 5.84 Å². The van der Waals surface area contributed by atoms with Gasteiger partial charge < -0.3 is 10.7 Å². The predicted molar refractivity (Wildman–Crippen MR) is 77.0 cm³/mol. The molecule has 0 aromatic carbocycles. The molecule has 4 N–H and O–H groups in total. The molecule has 0 aliphatic heterocycles. The van der Waals surface area contributed by atoms with Gasteiger partial charge in [0.1, 0.15) is 0 Å². The number of thiophene rings is 1. The summed E-state index contributed by atoms with van der Waals surface area (Å²) >= 11 is 1.65. The minimum Gasteiger partial charge on any atom is -0.349 e. The third-order valence-electron chi connectivity index (χ3n) is 2.69. The molecular formula is C13H16N4OS. The van der Waals surface area contributed by atoms with Crippen molar-refractivity contribution in [1.82, 2.24) is 10.3 Å². The summed E-state index contributed by atoms with van der Waals surface area (Å²) in [5, 5.41) is 7.05. The Hall–Kier alpha value is -1.92. The zero-order chi connectivity index (χ0) is 13.7. The fourth-order valence-electron chi connectivity index (χ4n) is 1.82. The summed E-state index contributed by atoms with van der Waals surface area (Å²) in [5.74, 6) is 5.54. The molecule has 5 nitrogen and oxygen atoms in total. The molecule has 0 saturated carbocycles. The highest BCUT2D eigenvalue weighted by molar-refractivity contribution is 7.07. The van der Waals surface area contributed by atoms with Gasteiger partial charge in [-0.15, -0.1) is 0 Å². The molecule has 2 heterocycles. The van der Waals surface area contributed by atoms with Crippen LogP contribution in [0.15, 0.2) is 35.2 Å². The number of pyridine rings is 1. The molecule has 0 aliphatic rings. The Labute approximate surface area is 115 Å². The number of hydrazine groups is 1. The smallest absolute Gasteiger partial charge is 0.255 e. The first-order valence-electron chi connectivity index (χ1n) is 5.94. The van der Waals surface area contributed by atoms with Crippen molar-refractivity contribution >= 4 is 23.1 Å². The minimum atomic E-state index is -0.177. The van der Waals surface area contributed by atoms with Crippen molar-refractivity contribution < 1.29 is 4.79 Å². The Bertz CT molecular complexity index is 541. The summed E-state index contributed by atoms with van der Waals surface area (Å²) in [5.41, 5.74) is 4.09. The van der Waals surface area contributed by atoms with E-state index < -0.39 is 0 Å². The second-order valence-corrected chi connectivity index (χ2v) is 5.03. The van der Waals surface area contributed by atoms with Crippen molar-refractivity contribution in [2.75, 3.05) is 5.43 Å². The number of hydrogen-bond donors (Lipinski definition) is 3. The first-order chi connectivity index (χ1) is 9.20. The van der Waals surface area contributed by atoms with Crippen LogP contribution in [0.3, 0.4) is 0 Å². The highest BCUT2D eigenvalue weighted by atomic mass is 32.1. The molecule has 0 radical (unpaired) electrons. The molecule has 1 amide bonds. The zero-order valence-electron chi connectivity index (χ0n) is 10.6. The molecule has 2 rings (SSSR count). The van der Waals surface area contributed by atoms with Gasteiger partial charge in [-0.05, 0) is 47.9 Å². The highest BCUT2D eigenvalue weighted by Crippen LogP contribution is 2.12. The van der Waals surface area contributed by atoms with Gasteiger partial charge in [-0.25, -0.2) is 10.8 Å². The third-order valence-corrected chi connectivity index (χ3v) is 3.42. The van der Waals surface area contributed by atoms with E-state index in [2.05, 4.69) is 27.2 Å². The van der Waals surface area contributed by atoms with Gasteiger partial charge in [-0.2, -0.15) is 11.3 Å². The van der Waals surface area contributed by atoms with Gasteiger partial charge in [0.25, 0.3) is 5.91 Å². The molecule has 0 fully saturated rings. The number of amides is 1. The molecular weight excluding hydrogens is 260 g/mol. The first-order valence-corrected chi connectivity index (χ1v) is 6.88. The van der Waals surface area contributed by atoms with Crippen LogP contribution in [0.2, 0.25) is 0 Å². The van der Waals surface area contributed by atoms with Crippen LogP contribution in [0.25, 0.3) is 0 Å². The van der Waals surface area contributed by atoms with Crippen LogP contribution in [-0.2, 0) is 6.42 Å². The van der Waals surface area contributed by atoms with Crippen LogP contribution in [0.4, 0.5) is 5.82 Å². The van der Waals surface area contributed by atoms with E-state index in [4.69, 9.17) is 5.84 Å². The molecule has 100 valence electrons. The van der Waals surface area contributed by atoms with E-state index in [0.29, 0.717) is 11.4 Å². The molecule has 0 aliphatic carbocycles. The molecule has 0 bridgehead atoms. The van der Waals surface area contributed by atoms with E-state index >= 15 is 0 Å². The number of nitrogens with two attached hydrogens (primary N) is 1. The lowest BCUT2D eigenvalue weighted by molar-refractivity contribution is 0.0940. The lowest BCUT2D eigenvalue weighted by atomic mass is 10.1. The van der Waals surface area contributed by atoms with Crippen LogP contribution in [-0.4, -0.2) is 16.9 Å². The number of nitrogen functional groups attached to an aromatic ring is 1. The molecule has 2 aromatic rings. The fraction of sp³-hybridized carbons (Fsp3) is 0.231. The third kappa shape index (κ3) is 3.52. The molecule has 1 unspecified atom stereocenters. The van der Waals surface area contributed by atoms with Crippen LogP contribution >= 0.6 is 11.3 Å². The van der Waals surface area contributed by atoms with Crippen LogP contribution < -0.4 is 16.6 Å². The van der Waals surface area contributed by atoms with E-state index in [-0.39, 0.29) is 11.9 Å². The zero-order valence-corrected chi connectivity index (χ0v) is 11.4. The first kappa shape index (κ1) is 13.5. The summed E-state index contributed by atoms with van der Waals surface area (Å²) in [6.07, 6.45) is 2.39. The quantitative estimate of drug-likeness (QED) is 0.574. The maximum absolute atomic E-state index is 12.1. The van der Waals surface area contributed by atoms with Crippen molar-refractivity contribution in [3.8, 4) is 0 Å². The second kappa shape index (κ2) is 6.31. The van der Waals surface area contributed by atoms with Gasteiger partial charge >= 0.3 is 0 Å². The molecule has 2 aromatic heterocycles. The van der Waals surface area contributed by atoms with E-state index in [1.54, 1.807) is 29.7 Å². The summed E-state index contributed by atoms with van der Waals surface area (Å²) in [7, 11) is 0.